The normalized spacial score (nSPS) is 28.8. The van der Waals surface area contributed by atoms with Crippen LogP contribution < -0.4 is 0 Å². The molecule has 0 aromatic carbocycles. The van der Waals surface area contributed by atoms with Crippen LogP contribution in [-0.4, -0.2) is 16.5 Å². The van der Waals surface area contributed by atoms with Crippen molar-refractivity contribution in [3.63, 3.8) is 0 Å². The highest BCUT2D eigenvalue weighted by molar-refractivity contribution is 9.09. The van der Waals surface area contributed by atoms with E-state index in [1.54, 1.807) is 0 Å². The number of hydrogen-bond donors (Lipinski definition) is 0. The molecule has 1 nitrogen and oxygen atoms in total. The first kappa shape index (κ1) is 10.3. The van der Waals surface area contributed by atoms with Gasteiger partial charge in [0.15, 0.2) is 0 Å². The first-order chi connectivity index (χ1) is 5.74. The van der Waals surface area contributed by atoms with E-state index in [1.165, 1.54) is 0 Å². The molecule has 0 aliphatic heterocycles. The monoisotopic (exact) mass is 250 g/mol. The molecule has 2 unspecified atom stereocenters. The zero-order valence-electron chi connectivity index (χ0n) is 6.80. The Labute approximate surface area is 86.3 Å². The minimum atomic E-state index is 0.0990. The van der Waals surface area contributed by atoms with Gasteiger partial charge in [0.25, 0.3) is 0 Å². The van der Waals surface area contributed by atoms with E-state index in [0.717, 1.165) is 12.8 Å². The summed E-state index contributed by atoms with van der Waals surface area (Å²) in [6.07, 6.45) is 6.53. The third-order valence-corrected chi connectivity index (χ3v) is 2.96. The van der Waals surface area contributed by atoms with Crippen molar-refractivity contribution in [2.24, 2.45) is 5.92 Å². The Balaban J connectivity index is 2.46. The van der Waals surface area contributed by atoms with Crippen molar-refractivity contribution in [3.05, 3.63) is 12.2 Å². The van der Waals surface area contributed by atoms with Crippen LogP contribution in [0.1, 0.15) is 19.3 Å². The van der Waals surface area contributed by atoms with Crippen LogP contribution in [0.2, 0.25) is 0 Å². The van der Waals surface area contributed by atoms with Gasteiger partial charge in [0.2, 0.25) is 0 Å². The number of rotatable bonds is 3. The lowest BCUT2D eigenvalue weighted by Gasteiger charge is -2.18. The average molecular weight is 252 g/mol. The lowest BCUT2D eigenvalue weighted by Crippen LogP contribution is -2.19. The van der Waals surface area contributed by atoms with E-state index in [4.69, 9.17) is 11.6 Å². The highest BCUT2D eigenvalue weighted by Gasteiger charge is 2.20. The number of hydrogen-bond acceptors (Lipinski definition) is 1. The van der Waals surface area contributed by atoms with Crippen molar-refractivity contribution >= 4 is 33.3 Å². The fourth-order valence-electron chi connectivity index (χ4n) is 1.36. The summed E-state index contributed by atoms with van der Waals surface area (Å²) in [4.78, 5) is 11.9. The summed E-state index contributed by atoms with van der Waals surface area (Å²) in [6, 6.07) is 0. The molecule has 12 heavy (non-hydrogen) atoms. The van der Waals surface area contributed by atoms with Gasteiger partial charge in [-0.3, -0.25) is 4.79 Å². The second kappa shape index (κ2) is 5.03. The van der Waals surface area contributed by atoms with Gasteiger partial charge < -0.3 is 0 Å². The van der Waals surface area contributed by atoms with Crippen molar-refractivity contribution in [1.29, 1.82) is 0 Å². The smallest absolute Gasteiger partial charge is 0.140 e. The highest BCUT2D eigenvalue weighted by Crippen LogP contribution is 2.24. The van der Waals surface area contributed by atoms with Crippen molar-refractivity contribution in [2.45, 2.75) is 24.1 Å². The van der Waals surface area contributed by atoms with Crippen molar-refractivity contribution in [3.8, 4) is 0 Å². The average Bonchev–Trinajstić information content (AvgIpc) is 2.05. The SMILES string of the molecule is O=C(CCCl)C1C=CCC(Br)C1. The summed E-state index contributed by atoms with van der Waals surface area (Å²) in [7, 11) is 0. The molecular formula is C9H12BrClO. The molecule has 0 amide bonds. The van der Waals surface area contributed by atoms with Crippen LogP contribution in [0, 0.1) is 5.92 Å². The molecule has 1 aliphatic rings. The number of ketones is 1. The molecular weight excluding hydrogens is 239 g/mol. The fourth-order valence-corrected chi connectivity index (χ4v) is 2.16. The zero-order valence-corrected chi connectivity index (χ0v) is 9.14. The Morgan fingerprint density at radius 1 is 1.67 bits per heavy atom. The quantitative estimate of drug-likeness (QED) is 0.557. The minimum absolute atomic E-state index is 0.0990. The molecule has 0 radical (unpaired) electrons. The van der Waals surface area contributed by atoms with Crippen molar-refractivity contribution in [1.82, 2.24) is 0 Å². The molecule has 3 heteroatoms. The van der Waals surface area contributed by atoms with Gasteiger partial charge in [0.1, 0.15) is 5.78 Å². The molecule has 1 aliphatic carbocycles. The number of carbonyl (C=O) groups is 1. The Morgan fingerprint density at radius 3 is 3.00 bits per heavy atom. The Kier molecular flexibility index (Phi) is 4.30. The van der Waals surface area contributed by atoms with Crippen molar-refractivity contribution in [2.75, 3.05) is 5.88 Å². The number of allylic oxidation sites excluding steroid dienone is 2. The summed E-state index contributed by atoms with van der Waals surface area (Å²) in [5.41, 5.74) is 0. The van der Waals surface area contributed by atoms with E-state index in [1.807, 2.05) is 6.08 Å². The van der Waals surface area contributed by atoms with Crippen LogP contribution in [0.15, 0.2) is 12.2 Å². The van der Waals surface area contributed by atoms with Gasteiger partial charge >= 0.3 is 0 Å². The summed E-state index contributed by atoms with van der Waals surface area (Å²) in [6.45, 7) is 0. The third kappa shape index (κ3) is 2.91. The maximum absolute atomic E-state index is 11.4. The Hall–Kier alpha value is 0.180. The van der Waals surface area contributed by atoms with Gasteiger partial charge in [0.05, 0.1) is 0 Å². The van der Waals surface area contributed by atoms with Crippen molar-refractivity contribution < 1.29 is 4.79 Å². The van der Waals surface area contributed by atoms with E-state index in [9.17, 15) is 4.79 Å². The number of halogens is 2. The number of carbonyl (C=O) groups excluding carboxylic acids is 1. The Bertz CT molecular complexity index is 191. The molecule has 0 heterocycles. The first-order valence-electron chi connectivity index (χ1n) is 4.13. The molecule has 0 aromatic heterocycles. The lowest BCUT2D eigenvalue weighted by atomic mass is 9.91. The standard InChI is InChI=1S/C9H12BrClO/c10-8-3-1-2-7(6-8)9(12)4-5-11/h1-2,7-8H,3-6H2. The molecule has 0 aromatic rings. The zero-order chi connectivity index (χ0) is 8.97. The van der Waals surface area contributed by atoms with Gasteiger partial charge in [-0.2, -0.15) is 0 Å². The van der Waals surface area contributed by atoms with Gasteiger partial charge in [-0.1, -0.05) is 28.1 Å². The largest absolute Gasteiger partial charge is 0.299 e. The molecule has 0 fully saturated rings. The lowest BCUT2D eigenvalue weighted by molar-refractivity contribution is -0.121. The Morgan fingerprint density at radius 2 is 2.42 bits per heavy atom. The molecule has 68 valence electrons. The molecule has 2 atom stereocenters. The van der Waals surface area contributed by atoms with E-state index >= 15 is 0 Å². The van der Waals surface area contributed by atoms with Crippen LogP contribution in [0.3, 0.4) is 0 Å². The van der Waals surface area contributed by atoms with E-state index < -0.39 is 0 Å². The first-order valence-corrected chi connectivity index (χ1v) is 5.58. The molecule has 0 bridgehead atoms. The van der Waals surface area contributed by atoms with E-state index in [2.05, 4.69) is 22.0 Å². The van der Waals surface area contributed by atoms with Gasteiger partial charge in [-0.25, -0.2) is 0 Å². The summed E-state index contributed by atoms with van der Waals surface area (Å²) in [5.74, 6) is 0.808. The van der Waals surface area contributed by atoms with Crippen LogP contribution >= 0.6 is 27.5 Å². The second-order valence-corrected chi connectivity index (χ2v) is 4.68. The predicted octanol–water partition coefficient (Wildman–Crippen LogP) is 2.91. The molecule has 0 spiro atoms. The van der Waals surface area contributed by atoms with Crippen LogP contribution in [0.4, 0.5) is 0 Å². The maximum Gasteiger partial charge on any atom is 0.140 e. The number of alkyl halides is 2. The van der Waals surface area contributed by atoms with E-state index in [-0.39, 0.29) is 11.7 Å². The topological polar surface area (TPSA) is 17.1 Å². The number of Topliss-reactive ketones (excluding diaryl/α,β-unsaturated/α-hetero) is 1. The van der Waals surface area contributed by atoms with Crippen LogP contribution in [0.25, 0.3) is 0 Å². The van der Waals surface area contributed by atoms with Gasteiger partial charge in [-0.05, 0) is 12.8 Å². The minimum Gasteiger partial charge on any atom is -0.299 e. The van der Waals surface area contributed by atoms with E-state index in [0.29, 0.717) is 17.1 Å². The highest BCUT2D eigenvalue weighted by atomic mass is 79.9. The summed E-state index contributed by atoms with van der Waals surface area (Å²) < 4.78 is 0. The van der Waals surface area contributed by atoms with Gasteiger partial charge in [-0.15, -0.1) is 11.6 Å². The van der Waals surface area contributed by atoms with Gasteiger partial charge in [0, 0.05) is 23.0 Å². The molecule has 0 N–H and O–H groups in total. The third-order valence-electron chi connectivity index (χ3n) is 2.02. The molecule has 1 rings (SSSR count). The maximum atomic E-state index is 11.4. The molecule has 0 saturated carbocycles. The fraction of sp³-hybridized carbons (Fsp3) is 0.667. The molecule has 0 saturated heterocycles. The summed E-state index contributed by atoms with van der Waals surface area (Å²) >= 11 is 9.01. The second-order valence-electron chi connectivity index (χ2n) is 3.01. The predicted molar refractivity (Wildman–Crippen MR) is 54.9 cm³/mol. The van der Waals surface area contributed by atoms with Crippen LogP contribution in [-0.2, 0) is 4.79 Å². The van der Waals surface area contributed by atoms with Crippen LogP contribution in [0.5, 0.6) is 0 Å². The summed E-state index contributed by atoms with van der Waals surface area (Å²) in [5, 5.41) is 0.